The van der Waals surface area contributed by atoms with Gasteiger partial charge < -0.3 is 14.6 Å². The molecule has 25 heavy (non-hydrogen) atoms. The summed E-state index contributed by atoms with van der Waals surface area (Å²) in [5.41, 5.74) is -0.802. The number of phenolic OH excluding ortho intramolecular Hbond substituents is 1. The largest absolute Gasteiger partial charge is 0.504 e. The molecule has 0 atom stereocenters. The minimum atomic E-state index is -4.45. The number of halogens is 3. The van der Waals surface area contributed by atoms with Crippen LogP contribution in [0.5, 0.6) is 28.7 Å². The smallest absolute Gasteiger partial charge is 0.416 e. The van der Waals surface area contributed by atoms with E-state index in [-0.39, 0.29) is 28.7 Å². The van der Waals surface area contributed by atoms with Crippen LogP contribution >= 0.6 is 0 Å². The fourth-order valence-electron chi connectivity index (χ4n) is 2.14. The van der Waals surface area contributed by atoms with E-state index in [1.165, 1.54) is 18.2 Å². The highest BCUT2D eigenvalue weighted by molar-refractivity contribution is 5.48. The van der Waals surface area contributed by atoms with Crippen molar-refractivity contribution >= 4 is 0 Å². The molecule has 0 amide bonds. The maximum absolute atomic E-state index is 12.8. The molecule has 0 fully saturated rings. The Balaban J connectivity index is 1.88. The summed E-state index contributed by atoms with van der Waals surface area (Å²) in [4.78, 5) is 0. The molecular weight excluding hydrogens is 333 g/mol. The average Bonchev–Trinajstić information content (AvgIpc) is 2.58. The molecule has 0 aliphatic carbocycles. The van der Waals surface area contributed by atoms with Gasteiger partial charge in [0.1, 0.15) is 5.75 Å². The maximum Gasteiger partial charge on any atom is 0.416 e. The second-order valence-corrected chi connectivity index (χ2v) is 5.14. The molecule has 0 bridgehead atoms. The lowest BCUT2D eigenvalue weighted by Crippen LogP contribution is -2.04. The van der Waals surface area contributed by atoms with Gasteiger partial charge in [-0.25, -0.2) is 0 Å². The van der Waals surface area contributed by atoms with Crippen LogP contribution in [-0.2, 0) is 6.18 Å². The Morgan fingerprint density at radius 3 is 1.92 bits per heavy atom. The molecule has 3 aromatic carbocycles. The molecule has 0 saturated heterocycles. The van der Waals surface area contributed by atoms with Crippen LogP contribution in [-0.4, -0.2) is 5.11 Å². The number of ether oxygens (including phenoxy) is 2. The Labute approximate surface area is 141 Å². The van der Waals surface area contributed by atoms with E-state index < -0.39 is 11.7 Å². The molecule has 0 spiro atoms. The molecule has 0 aliphatic rings. The number of phenols is 1. The van der Waals surface area contributed by atoms with E-state index in [0.29, 0.717) is 0 Å². The van der Waals surface area contributed by atoms with Gasteiger partial charge in [-0.1, -0.05) is 30.3 Å². The minimum absolute atomic E-state index is 0.0307. The van der Waals surface area contributed by atoms with E-state index in [0.717, 1.165) is 12.1 Å². The summed E-state index contributed by atoms with van der Waals surface area (Å²) in [5.74, 6) is 0.675. The van der Waals surface area contributed by atoms with Crippen LogP contribution in [0.2, 0.25) is 0 Å². The van der Waals surface area contributed by atoms with Gasteiger partial charge >= 0.3 is 6.18 Å². The van der Waals surface area contributed by atoms with E-state index in [2.05, 4.69) is 0 Å². The topological polar surface area (TPSA) is 38.7 Å². The maximum atomic E-state index is 12.8. The van der Waals surface area contributed by atoms with Crippen molar-refractivity contribution in [2.24, 2.45) is 0 Å². The Morgan fingerprint density at radius 2 is 1.28 bits per heavy atom. The van der Waals surface area contributed by atoms with E-state index in [1.54, 1.807) is 42.5 Å². The fraction of sp³-hybridized carbons (Fsp3) is 0.0526. The summed E-state index contributed by atoms with van der Waals surface area (Å²) in [6.07, 6.45) is -4.45. The van der Waals surface area contributed by atoms with Crippen molar-refractivity contribution in [3.63, 3.8) is 0 Å². The molecular formula is C19H13F3O3. The summed E-state index contributed by atoms with van der Waals surface area (Å²) >= 11 is 0. The number of hydrogen-bond acceptors (Lipinski definition) is 3. The van der Waals surface area contributed by atoms with Gasteiger partial charge in [-0.2, -0.15) is 13.2 Å². The van der Waals surface area contributed by atoms with E-state index in [4.69, 9.17) is 9.47 Å². The molecule has 0 aromatic heterocycles. The third kappa shape index (κ3) is 4.03. The molecule has 128 valence electrons. The van der Waals surface area contributed by atoms with Crippen molar-refractivity contribution in [1.29, 1.82) is 0 Å². The zero-order valence-corrected chi connectivity index (χ0v) is 12.8. The molecule has 0 saturated carbocycles. The first-order valence-electron chi connectivity index (χ1n) is 7.33. The lowest BCUT2D eigenvalue weighted by molar-refractivity contribution is -0.137. The van der Waals surface area contributed by atoms with Gasteiger partial charge in [0, 0.05) is 0 Å². The zero-order chi connectivity index (χ0) is 17.9. The third-order valence-electron chi connectivity index (χ3n) is 3.32. The Bertz CT molecular complexity index is 876. The van der Waals surface area contributed by atoms with Crippen molar-refractivity contribution in [3.05, 3.63) is 78.4 Å². The Morgan fingerprint density at radius 1 is 0.680 bits per heavy atom. The molecule has 6 heteroatoms. The van der Waals surface area contributed by atoms with Gasteiger partial charge in [-0.05, 0) is 42.5 Å². The summed E-state index contributed by atoms with van der Waals surface area (Å²) in [7, 11) is 0. The number of rotatable bonds is 4. The highest BCUT2D eigenvalue weighted by Crippen LogP contribution is 2.38. The highest BCUT2D eigenvalue weighted by atomic mass is 19.4. The summed E-state index contributed by atoms with van der Waals surface area (Å²) in [6, 6.07) is 17.4. The fourth-order valence-corrected chi connectivity index (χ4v) is 2.14. The first-order valence-corrected chi connectivity index (χ1v) is 7.33. The normalized spacial score (nSPS) is 11.2. The number of para-hydroxylation sites is 4. The third-order valence-corrected chi connectivity index (χ3v) is 3.32. The molecule has 0 radical (unpaired) electrons. The monoisotopic (exact) mass is 346 g/mol. The summed E-state index contributed by atoms with van der Waals surface area (Å²) in [6.45, 7) is 0. The van der Waals surface area contributed by atoms with Gasteiger partial charge in [0.05, 0.1) is 5.56 Å². The van der Waals surface area contributed by atoms with Crippen LogP contribution < -0.4 is 9.47 Å². The van der Waals surface area contributed by atoms with Gasteiger partial charge in [0.25, 0.3) is 0 Å². The predicted molar refractivity (Wildman–Crippen MR) is 86.1 cm³/mol. The van der Waals surface area contributed by atoms with Crippen molar-refractivity contribution in [3.8, 4) is 28.7 Å². The summed E-state index contributed by atoms with van der Waals surface area (Å²) < 4.78 is 49.6. The Kier molecular flexibility index (Phi) is 4.52. The Hall–Kier alpha value is -3.15. The van der Waals surface area contributed by atoms with Crippen LogP contribution in [0.1, 0.15) is 5.56 Å². The SMILES string of the molecule is Oc1ccccc1Oc1ccccc1Oc1cccc(C(F)(F)F)c1. The first kappa shape index (κ1) is 16.7. The van der Waals surface area contributed by atoms with Crippen LogP contribution in [0, 0.1) is 0 Å². The number of alkyl halides is 3. The average molecular weight is 346 g/mol. The molecule has 3 aromatic rings. The van der Waals surface area contributed by atoms with E-state index in [1.807, 2.05) is 0 Å². The van der Waals surface area contributed by atoms with Gasteiger partial charge in [0.15, 0.2) is 23.0 Å². The van der Waals surface area contributed by atoms with Gasteiger partial charge in [-0.3, -0.25) is 0 Å². The van der Waals surface area contributed by atoms with Crippen LogP contribution in [0.15, 0.2) is 72.8 Å². The van der Waals surface area contributed by atoms with E-state index in [9.17, 15) is 18.3 Å². The molecule has 3 nitrogen and oxygen atoms in total. The van der Waals surface area contributed by atoms with Crippen LogP contribution in [0.4, 0.5) is 13.2 Å². The van der Waals surface area contributed by atoms with Crippen LogP contribution in [0.3, 0.4) is 0 Å². The second kappa shape index (κ2) is 6.76. The van der Waals surface area contributed by atoms with Crippen LogP contribution in [0.25, 0.3) is 0 Å². The summed E-state index contributed by atoms with van der Waals surface area (Å²) in [5, 5.41) is 9.79. The quantitative estimate of drug-likeness (QED) is 0.630. The number of hydrogen-bond donors (Lipinski definition) is 1. The second-order valence-electron chi connectivity index (χ2n) is 5.14. The molecule has 1 N–H and O–H groups in total. The lowest BCUT2D eigenvalue weighted by Gasteiger charge is -2.14. The van der Waals surface area contributed by atoms with Gasteiger partial charge in [0.2, 0.25) is 0 Å². The molecule has 0 aliphatic heterocycles. The standard InChI is InChI=1S/C19H13F3O3/c20-19(21,22)13-6-5-7-14(12-13)24-17-10-3-4-11-18(17)25-16-9-2-1-8-15(16)23/h1-12,23H. The molecule has 0 heterocycles. The van der Waals surface area contributed by atoms with Crippen molar-refractivity contribution in [2.45, 2.75) is 6.18 Å². The predicted octanol–water partition coefficient (Wildman–Crippen LogP) is 6.00. The van der Waals surface area contributed by atoms with Crippen molar-refractivity contribution in [2.75, 3.05) is 0 Å². The van der Waals surface area contributed by atoms with Crippen molar-refractivity contribution < 1.29 is 27.8 Å². The minimum Gasteiger partial charge on any atom is -0.504 e. The first-order chi connectivity index (χ1) is 11.9. The zero-order valence-electron chi connectivity index (χ0n) is 12.8. The highest BCUT2D eigenvalue weighted by Gasteiger charge is 2.30. The number of aromatic hydroxyl groups is 1. The lowest BCUT2D eigenvalue weighted by atomic mass is 10.2. The number of benzene rings is 3. The van der Waals surface area contributed by atoms with E-state index >= 15 is 0 Å². The molecule has 0 unspecified atom stereocenters. The van der Waals surface area contributed by atoms with Gasteiger partial charge in [-0.15, -0.1) is 0 Å². The van der Waals surface area contributed by atoms with Crippen molar-refractivity contribution in [1.82, 2.24) is 0 Å². The molecule has 3 rings (SSSR count).